The minimum Gasteiger partial charge on any atom is -0.350 e. The van der Waals surface area contributed by atoms with Crippen LogP contribution < -0.4 is 10.6 Å². The van der Waals surface area contributed by atoms with E-state index in [2.05, 4.69) is 34.7 Å². The van der Waals surface area contributed by atoms with Gasteiger partial charge in [-0.05, 0) is 37.8 Å². The predicted molar refractivity (Wildman–Crippen MR) is 98.8 cm³/mol. The molecule has 1 atom stereocenters. The smallest absolute Gasteiger partial charge is 0.220 e. The van der Waals surface area contributed by atoms with Gasteiger partial charge in [-0.25, -0.2) is 4.98 Å². The Labute approximate surface area is 147 Å². The summed E-state index contributed by atoms with van der Waals surface area (Å²) in [6.45, 7) is 4.88. The third-order valence-electron chi connectivity index (χ3n) is 4.74. The molecule has 128 valence electrons. The highest BCUT2D eigenvalue weighted by molar-refractivity contribution is 7.13. The lowest BCUT2D eigenvalue weighted by molar-refractivity contribution is -0.122. The monoisotopic (exact) mass is 343 g/mol. The highest BCUT2D eigenvalue weighted by Gasteiger charge is 2.21. The number of benzene rings is 1. The zero-order valence-corrected chi connectivity index (χ0v) is 14.9. The van der Waals surface area contributed by atoms with Gasteiger partial charge >= 0.3 is 0 Å². The minimum absolute atomic E-state index is 0.135. The van der Waals surface area contributed by atoms with Crippen LogP contribution >= 0.6 is 11.3 Å². The first-order valence-corrected chi connectivity index (χ1v) is 9.57. The number of thiazole rings is 1. The van der Waals surface area contributed by atoms with Crippen LogP contribution in [0.1, 0.15) is 31.9 Å². The lowest BCUT2D eigenvalue weighted by Gasteiger charge is -2.27. The van der Waals surface area contributed by atoms with Gasteiger partial charge in [-0.2, -0.15) is 0 Å². The van der Waals surface area contributed by atoms with Crippen molar-refractivity contribution >= 4 is 17.2 Å². The number of hydrogen-bond donors (Lipinski definition) is 2. The van der Waals surface area contributed by atoms with Gasteiger partial charge in [0.25, 0.3) is 0 Å². The second-order valence-corrected chi connectivity index (χ2v) is 7.41. The molecule has 0 aliphatic carbocycles. The highest BCUT2D eigenvalue weighted by Crippen LogP contribution is 2.25. The van der Waals surface area contributed by atoms with Crippen molar-refractivity contribution in [1.82, 2.24) is 15.6 Å². The summed E-state index contributed by atoms with van der Waals surface area (Å²) < 4.78 is 0. The Hall–Kier alpha value is -1.72. The lowest BCUT2D eigenvalue weighted by atomic mass is 9.84. The summed E-state index contributed by atoms with van der Waals surface area (Å²) in [6.07, 6.45) is 2.97. The second kappa shape index (κ2) is 8.40. The summed E-state index contributed by atoms with van der Waals surface area (Å²) in [5.41, 5.74) is 2.06. The fourth-order valence-corrected chi connectivity index (χ4v) is 4.06. The molecule has 0 radical (unpaired) electrons. The Bertz CT molecular complexity index is 650. The standard InChI is InChI=1S/C19H25N3OS/c1-14(15-7-9-20-10-8-15)11-18(23)21-12-17-13-24-19(22-17)16-5-3-2-4-6-16/h2-6,13-15,20H,7-12H2,1H3,(H,21,23). The van der Waals surface area contributed by atoms with Crippen LogP contribution in [0.2, 0.25) is 0 Å². The van der Waals surface area contributed by atoms with Crippen molar-refractivity contribution in [1.29, 1.82) is 0 Å². The van der Waals surface area contributed by atoms with Crippen LogP contribution in [0.4, 0.5) is 0 Å². The molecule has 0 saturated carbocycles. The van der Waals surface area contributed by atoms with Gasteiger partial charge in [0.1, 0.15) is 5.01 Å². The van der Waals surface area contributed by atoms with E-state index in [0.717, 1.165) is 29.4 Å². The molecule has 1 saturated heterocycles. The molecular weight excluding hydrogens is 318 g/mol. The molecule has 4 nitrogen and oxygen atoms in total. The molecule has 0 bridgehead atoms. The number of piperidine rings is 1. The summed E-state index contributed by atoms with van der Waals surface area (Å²) in [5, 5.41) is 9.43. The topological polar surface area (TPSA) is 54.0 Å². The molecule has 2 aromatic rings. The van der Waals surface area contributed by atoms with Crippen molar-refractivity contribution in [3.63, 3.8) is 0 Å². The first-order chi connectivity index (χ1) is 11.7. The zero-order chi connectivity index (χ0) is 16.8. The van der Waals surface area contributed by atoms with Gasteiger partial charge in [0, 0.05) is 17.4 Å². The largest absolute Gasteiger partial charge is 0.350 e. The van der Waals surface area contributed by atoms with Crippen LogP contribution in [0.5, 0.6) is 0 Å². The third kappa shape index (κ3) is 4.65. The van der Waals surface area contributed by atoms with Crippen LogP contribution in [0.25, 0.3) is 10.6 Å². The molecule has 2 N–H and O–H groups in total. The van der Waals surface area contributed by atoms with Crippen LogP contribution in [0.3, 0.4) is 0 Å². The summed E-state index contributed by atoms with van der Waals surface area (Å²) in [6, 6.07) is 10.1. The van der Waals surface area contributed by atoms with E-state index < -0.39 is 0 Å². The van der Waals surface area contributed by atoms with E-state index in [-0.39, 0.29) is 5.91 Å². The normalized spacial score (nSPS) is 16.7. The molecule has 2 heterocycles. The Kier molecular flexibility index (Phi) is 5.99. The van der Waals surface area contributed by atoms with Crippen molar-refractivity contribution in [3.05, 3.63) is 41.4 Å². The molecule has 1 aromatic carbocycles. The van der Waals surface area contributed by atoms with Crippen molar-refractivity contribution in [3.8, 4) is 10.6 Å². The maximum absolute atomic E-state index is 12.2. The van der Waals surface area contributed by atoms with Crippen molar-refractivity contribution < 1.29 is 4.79 Å². The number of carbonyl (C=O) groups is 1. The van der Waals surface area contributed by atoms with Crippen LogP contribution in [-0.4, -0.2) is 24.0 Å². The fraction of sp³-hybridized carbons (Fsp3) is 0.474. The van der Waals surface area contributed by atoms with Crippen LogP contribution in [-0.2, 0) is 11.3 Å². The molecule has 5 heteroatoms. The Morgan fingerprint density at radius 3 is 2.83 bits per heavy atom. The van der Waals surface area contributed by atoms with Gasteiger partial charge in [-0.3, -0.25) is 4.79 Å². The summed E-state index contributed by atoms with van der Waals surface area (Å²) in [4.78, 5) is 16.8. The summed E-state index contributed by atoms with van der Waals surface area (Å²) in [7, 11) is 0. The molecule has 1 aliphatic heterocycles. The molecule has 0 spiro atoms. The van der Waals surface area contributed by atoms with Gasteiger partial charge in [0.15, 0.2) is 0 Å². The average molecular weight is 343 g/mol. The lowest BCUT2D eigenvalue weighted by Crippen LogP contribution is -2.33. The Morgan fingerprint density at radius 1 is 1.33 bits per heavy atom. The fourth-order valence-electron chi connectivity index (χ4n) is 3.24. The number of rotatable bonds is 6. The Morgan fingerprint density at radius 2 is 2.08 bits per heavy atom. The molecule has 1 aromatic heterocycles. The average Bonchev–Trinajstić information content (AvgIpc) is 3.10. The SMILES string of the molecule is CC(CC(=O)NCc1csc(-c2ccccc2)n1)C1CCNCC1. The number of amides is 1. The van der Waals surface area contributed by atoms with Gasteiger partial charge in [-0.15, -0.1) is 11.3 Å². The second-order valence-electron chi connectivity index (χ2n) is 6.56. The van der Waals surface area contributed by atoms with Crippen molar-refractivity contribution in [2.75, 3.05) is 13.1 Å². The van der Waals surface area contributed by atoms with E-state index in [1.165, 1.54) is 12.8 Å². The van der Waals surface area contributed by atoms with Gasteiger partial charge in [-0.1, -0.05) is 37.3 Å². The number of hydrogen-bond acceptors (Lipinski definition) is 4. The maximum atomic E-state index is 12.2. The summed E-state index contributed by atoms with van der Waals surface area (Å²) in [5.74, 6) is 1.25. The molecule has 1 unspecified atom stereocenters. The van der Waals surface area contributed by atoms with Crippen molar-refractivity contribution in [2.24, 2.45) is 11.8 Å². The first kappa shape index (κ1) is 17.1. The number of nitrogens with one attached hydrogen (secondary N) is 2. The number of aromatic nitrogens is 1. The Balaban J connectivity index is 1.47. The van der Waals surface area contributed by atoms with Crippen molar-refractivity contribution in [2.45, 2.75) is 32.7 Å². The van der Waals surface area contributed by atoms with E-state index >= 15 is 0 Å². The van der Waals surface area contributed by atoms with Gasteiger partial charge in [0.2, 0.25) is 5.91 Å². The molecule has 1 fully saturated rings. The van der Waals surface area contributed by atoms with Gasteiger partial charge in [0.05, 0.1) is 12.2 Å². The molecule has 1 aliphatic rings. The van der Waals surface area contributed by atoms with Crippen LogP contribution in [0, 0.1) is 11.8 Å². The quantitative estimate of drug-likeness (QED) is 0.845. The first-order valence-electron chi connectivity index (χ1n) is 8.69. The summed E-state index contributed by atoms with van der Waals surface area (Å²) >= 11 is 1.62. The molecule has 1 amide bonds. The third-order valence-corrected chi connectivity index (χ3v) is 5.68. The van der Waals surface area contributed by atoms with Crippen LogP contribution in [0.15, 0.2) is 35.7 Å². The molecular formula is C19H25N3OS. The molecule has 3 rings (SSSR count). The minimum atomic E-state index is 0.135. The van der Waals surface area contributed by atoms with E-state index in [9.17, 15) is 4.79 Å². The zero-order valence-electron chi connectivity index (χ0n) is 14.1. The number of nitrogens with zero attached hydrogens (tertiary/aromatic N) is 1. The van der Waals surface area contributed by atoms with E-state index in [0.29, 0.717) is 24.8 Å². The highest BCUT2D eigenvalue weighted by atomic mass is 32.1. The molecule has 24 heavy (non-hydrogen) atoms. The number of carbonyl (C=O) groups excluding carboxylic acids is 1. The van der Waals surface area contributed by atoms with E-state index in [1.54, 1.807) is 11.3 Å². The van der Waals surface area contributed by atoms with E-state index in [4.69, 9.17) is 0 Å². The maximum Gasteiger partial charge on any atom is 0.220 e. The van der Waals surface area contributed by atoms with Gasteiger partial charge < -0.3 is 10.6 Å². The van der Waals surface area contributed by atoms with E-state index in [1.807, 2.05) is 23.6 Å². The predicted octanol–water partition coefficient (Wildman–Crippen LogP) is 3.45.